The third kappa shape index (κ3) is 4.27. The molecule has 2 aromatic carbocycles. The van der Waals surface area contributed by atoms with Gasteiger partial charge in [0, 0.05) is 21.1 Å². The number of hydrogen-bond donors (Lipinski definition) is 0. The van der Waals surface area contributed by atoms with Crippen molar-refractivity contribution in [3.63, 3.8) is 0 Å². The molecule has 0 atom stereocenters. The molecule has 0 aliphatic heterocycles. The molecule has 0 radical (unpaired) electrons. The van der Waals surface area contributed by atoms with Crippen molar-refractivity contribution in [1.82, 2.24) is 4.90 Å². The van der Waals surface area contributed by atoms with Crippen LogP contribution >= 0.6 is 31.9 Å². The van der Waals surface area contributed by atoms with Gasteiger partial charge in [-0.05, 0) is 30.8 Å². The quantitative estimate of drug-likeness (QED) is 0.692. The SMILES string of the molecule is CN(CC(=O)c1cccc(Br)c1)Cc1ccccc1Br. The molecular weight excluding hydrogens is 382 g/mol. The van der Waals surface area contributed by atoms with Gasteiger partial charge in [-0.25, -0.2) is 0 Å². The Morgan fingerprint density at radius 1 is 1.10 bits per heavy atom. The molecule has 2 aromatic rings. The van der Waals surface area contributed by atoms with Gasteiger partial charge in [-0.15, -0.1) is 0 Å². The molecule has 0 spiro atoms. The number of nitrogens with zero attached hydrogens (tertiary/aromatic N) is 1. The Kier molecular flexibility index (Phi) is 5.52. The minimum Gasteiger partial charge on any atom is -0.295 e. The van der Waals surface area contributed by atoms with Crippen molar-refractivity contribution >= 4 is 37.6 Å². The Bertz CT molecular complexity index is 613. The van der Waals surface area contributed by atoms with Crippen LogP contribution in [0, 0.1) is 0 Å². The third-order valence-electron chi connectivity index (χ3n) is 2.96. The molecule has 0 amide bonds. The van der Waals surface area contributed by atoms with E-state index in [0.717, 1.165) is 21.1 Å². The van der Waals surface area contributed by atoms with Gasteiger partial charge >= 0.3 is 0 Å². The molecule has 0 aliphatic rings. The Hall–Kier alpha value is -0.970. The van der Waals surface area contributed by atoms with Gasteiger partial charge in [-0.3, -0.25) is 9.69 Å². The fourth-order valence-corrected chi connectivity index (χ4v) is 2.78. The second-order valence-corrected chi connectivity index (χ2v) is 6.47. The highest BCUT2D eigenvalue weighted by atomic mass is 79.9. The van der Waals surface area contributed by atoms with E-state index in [4.69, 9.17) is 0 Å². The number of hydrogen-bond acceptors (Lipinski definition) is 2. The van der Waals surface area contributed by atoms with E-state index in [1.54, 1.807) is 0 Å². The fourth-order valence-electron chi connectivity index (χ4n) is 1.97. The topological polar surface area (TPSA) is 20.3 Å². The van der Waals surface area contributed by atoms with Crippen molar-refractivity contribution in [3.05, 3.63) is 68.6 Å². The first-order chi connectivity index (χ1) is 9.56. The first kappa shape index (κ1) is 15.4. The zero-order valence-corrected chi connectivity index (χ0v) is 14.3. The van der Waals surface area contributed by atoms with Crippen LogP contribution in [-0.4, -0.2) is 24.3 Å². The predicted octanol–water partition coefficient (Wildman–Crippen LogP) is 4.53. The van der Waals surface area contributed by atoms with E-state index in [-0.39, 0.29) is 5.78 Å². The van der Waals surface area contributed by atoms with Crippen molar-refractivity contribution in [3.8, 4) is 0 Å². The van der Waals surface area contributed by atoms with Crippen LogP contribution in [-0.2, 0) is 6.54 Å². The molecule has 2 rings (SSSR count). The summed E-state index contributed by atoms with van der Waals surface area (Å²) < 4.78 is 2.00. The van der Waals surface area contributed by atoms with Crippen molar-refractivity contribution in [2.45, 2.75) is 6.54 Å². The standard InChI is InChI=1S/C16H15Br2NO/c1-19(10-13-5-2-3-8-15(13)18)11-16(20)12-6-4-7-14(17)9-12/h2-9H,10-11H2,1H3. The normalized spacial score (nSPS) is 10.8. The van der Waals surface area contributed by atoms with Gasteiger partial charge in [0.25, 0.3) is 0 Å². The molecule has 0 heterocycles. The van der Waals surface area contributed by atoms with Gasteiger partial charge in [0.15, 0.2) is 5.78 Å². The Labute approximate surface area is 136 Å². The van der Waals surface area contributed by atoms with Gasteiger partial charge in [-0.1, -0.05) is 62.2 Å². The second-order valence-electron chi connectivity index (χ2n) is 4.70. The minimum absolute atomic E-state index is 0.126. The zero-order valence-electron chi connectivity index (χ0n) is 11.1. The summed E-state index contributed by atoms with van der Waals surface area (Å²) in [7, 11) is 1.95. The number of Topliss-reactive ketones (excluding diaryl/α,β-unsaturated/α-hetero) is 1. The maximum absolute atomic E-state index is 12.2. The molecule has 0 saturated carbocycles. The van der Waals surface area contributed by atoms with Crippen molar-refractivity contribution < 1.29 is 4.79 Å². The number of benzene rings is 2. The van der Waals surface area contributed by atoms with Crippen molar-refractivity contribution in [2.24, 2.45) is 0 Å². The van der Waals surface area contributed by atoms with Crippen LogP contribution in [0.25, 0.3) is 0 Å². The van der Waals surface area contributed by atoms with Crippen LogP contribution in [0.2, 0.25) is 0 Å². The minimum atomic E-state index is 0.126. The van der Waals surface area contributed by atoms with Crippen LogP contribution in [0.3, 0.4) is 0 Å². The molecular formula is C16H15Br2NO. The fraction of sp³-hybridized carbons (Fsp3) is 0.188. The number of carbonyl (C=O) groups excluding carboxylic acids is 1. The summed E-state index contributed by atoms with van der Waals surface area (Å²) in [4.78, 5) is 14.2. The van der Waals surface area contributed by atoms with Gasteiger partial charge in [0.1, 0.15) is 0 Å². The molecule has 0 aliphatic carbocycles. The Balaban J connectivity index is 2.00. The van der Waals surface area contributed by atoms with E-state index < -0.39 is 0 Å². The first-order valence-electron chi connectivity index (χ1n) is 6.27. The smallest absolute Gasteiger partial charge is 0.176 e. The molecule has 4 heteroatoms. The number of rotatable bonds is 5. The molecule has 104 valence electrons. The third-order valence-corrected chi connectivity index (χ3v) is 4.23. The largest absolute Gasteiger partial charge is 0.295 e. The lowest BCUT2D eigenvalue weighted by Gasteiger charge is -2.16. The van der Waals surface area contributed by atoms with E-state index in [0.29, 0.717) is 6.54 Å². The Morgan fingerprint density at radius 3 is 2.55 bits per heavy atom. The summed E-state index contributed by atoms with van der Waals surface area (Å²) in [6.07, 6.45) is 0. The molecule has 0 fully saturated rings. The highest BCUT2D eigenvalue weighted by Gasteiger charge is 2.11. The molecule has 20 heavy (non-hydrogen) atoms. The lowest BCUT2D eigenvalue weighted by Crippen LogP contribution is -2.25. The van der Waals surface area contributed by atoms with Gasteiger partial charge in [0.2, 0.25) is 0 Å². The Morgan fingerprint density at radius 2 is 1.85 bits per heavy atom. The molecule has 0 unspecified atom stereocenters. The predicted molar refractivity (Wildman–Crippen MR) is 88.9 cm³/mol. The van der Waals surface area contributed by atoms with Crippen LogP contribution < -0.4 is 0 Å². The molecule has 2 nitrogen and oxygen atoms in total. The molecule has 0 aromatic heterocycles. The molecule has 0 N–H and O–H groups in total. The summed E-state index contributed by atoms with van der Waals surface area (Å²) in [6.45, 7) is 1.14. The zero-order chi connectivity index (χ0) is 14.5. The summed E-state index contributed by atoms with van der Waals surface area (Å²) in [5.41, 5.74) is 1.91. The number of ketones is 1. The van der Waals surface area contributed by atoms with Crippen molar-refractivity contribution in [1.29, 1.82) is 0 Å². The summed E-state index contributed by atoms with van der Waals surface area (Å²) in [6, 6.07) is 15.6. The van der Waals surface area contributed by atoms with Crippen LogP contribution in [0.4, 0.5) is 0 Å². The number of likely N-dealkylation sites (N-methyl/N-ethyl adjacent to an activating group) is 1. The van der Waals surface area contributed by atoms with Gasteiger partial charge < -0.3 is 0 Å². The van der Waals surface area contributed by atoms with E-state index in [1.165, 1.54) is 5.56 Å². The first-order valence-corrected chi connectivity index (χ1v) is 7.85. The van der Waals surface area contributed by atoms with Crippen molar-refractivity contribution in [2.75, 3.05) is 13.6 Å². The summed E-state index contributed by atoms with van der Waals surface area (Å²) >= 11 is 6.92. The second kappa shape index (κ2) is 7.16. The summed E-state index contributed by atoms with van der Waals surface area (Å²) in [5.74, 6) is 0.126. The van der Waals surface area contributed by atoms with Gasteiger partial charge in [-0.2, -0.15) is 0 Å². The lowest BCUT2D eigenvalue weighted by molar-refractivity contribution is 0.0943. The highest BCUT2D eigenvalue weighted by Crippen LogP contribution is 2.18. The molecule has 0 saturated heterocycles. The van der Waals surface area contributed by atoms with Crippen LogP contribution in [0.1, 0.15) is 15.9 Å². The average Bonchev–Trinajstić information content (AvgIpc) is 2.41. The average molecular weight is 397 g/mol. The van der Waals surface area contributed by atoms with E-state index in [1.807, 2.05) is 54.4 Å². The van der Waals surface area contributed by atoms with E-state index in [9.17, 15) is 4.79 Å². The maximum atomic E-state index is 12.2. The summed E-state index contributed by atoms with van der Waals surface area (Å²) in [5, 5.41) is 0. The van der Waals surface area contributed by atoms with Crippen LogP contribution in [0.5, 0.6) is 0 Å². The van der Waals surface area contributed by atoms with Gasteiger partial charge in [0.05, 0.1) is 6.54 Å². The maximum Gasteiger partial charge on any atom is 0.176 e. The highest BCUT2D eigenvalue weighted by molar-refractivity contribution is 9.10. The number of halogens is 2. The lowest BCUT2D eigenvalue weighted by atomic mass is 10.1. The monoisotopic (exact) mass is 395 g/mol. The van der Waals surface area contributed by atoms with Crippen LogP contribution in [0.15, 0.2) is 57.5 Å². The van der Waals surface area contributed by atoms with E-state index >= 15 is 0 Å². The number of carbonyl (C=O) groups is 1. The van der Waals surface area contributed by atoms with E-state index in [2.05, 4.69) is 37.9 Å². The molecule has 0 bridgehead atoms.